The number of fused-ring (bicyclic) bond motifs is 1. The van der Waals surface area contributed by atoms with Crippen molar-refractivity contribution in [2.45, 2.75) is 13.8 Å². The van der Waals surface area contributed by atoms with Gasteiger partial charge in [-0.15, -0.1) is 10.2 Å². The Kier molecular flexibility index (Phi) is 2.66. The molecule has 6 nitrogen and oxygen atoms in total. The van der Waals surface area contributed by atoms with Crippen molar-refractivity contribution in [2.24, 2.45) is 0 Å². The SMILES string of the molecule is CCNc1nnc(NCC)c2[nH]cnc12. The lowest BCUT2D eigenvalue weighted by molar-refractivity contribution is 1.01. The summed E-state index contributed by atoms with van der Waals surface area (Å²) in [5.74, 6) is 1.46. The number of nitrogens with zero attached hydrogens (tertiary/aromatic N) is 3. The molecule has 6 heteroatoms. The first-order chi connectivity index (χ1) is 7.36. The number of hydrogen-bond donors (Lipinski definition) is 3. The zero-order valence-electron chi connectivity index (χ0n) is 8.83. The smallest absolute Gasteiger partial charge is 0.177 e. The van der Waals surface area contributed by atoms with Crippen molar-refractivity contribution in [3.63, 3.8) is 0 Å². The highest BCUT2D eigenvalue weighted by Gasteiger charge is 2.09. The summed E-state index contributed by atoms with van der Waals surface area (Å²) >= 11 is 0. The monoisotopic (exact) mass is 206 g/mol. The molecule has 0 aliphatic heterocycles. The van der Waals surface area contributed by atoms with Crippen molar-refractivity contribution in [1.29, 1.82) is 0 Å². The van der Waals surface area contributed by atoms with Gasteiger partial charge in [0, 0.05) is 13.1 Å². The van der Waals surface area contributed by atoms with Crippen LogP contribution in [0.5, 0.6) is 0 Å². The summed E-state index contributed by atoms with van der Waals surface area (Å²) < 4.78 is 0. The maximum absolute atomic E-state index is 4.22. The molecule has 2 aromatic heterocycles. The average molecular weight is 206 g/mol. The maximum Gasteiger partial charge on any atom is 0.177 e. The van der Waals surface area contributed by atoms with E-state index in [-0.39, 0.29) is 0 Å². The molecular formula is C9H14N6. The molecule has 0 atom stereocenters. The van der Waals surface area contributed by atoms with E-state index >= 15 is 0 Å². The molecule has 2 aromatic rings. The standard InChI is InChI=1S/C9H14N6/c1-3-10-8-6-7(13-5-12-6)9(11-4-2)15-14-8/h5H,3-4H2,1-2H3,(H,10,14)(H,11,15)(H,12,13). The molecule has 0 fully saturated rings. The number of anilines is 2. The second kappa shape index (κ2) is 4.12. The lowest BCUT2D eigenvalue weighted by Gasteiger charge is -2.05. The molecule has 0 bridgehead atoms. The molecule has 2 heterocycles. The summed E-state index contributed by atoms with van der Waals surface area (Å²) in [7, 11) is 0. The predicted molar refractivity (Wildman–Crippen MR) is 60.0 cm³/mol. The Morgan fingerprint density at radius 2 is 1.80 bits per heavy atom. The lowest BCUT2D eigenvalue weighted by Crippen LogP contribution is -2.06. The molecule has 80 valence electrons. The Labute approximate surface area is 87.5 Å². The molecule has 0 radical (unpaired) electrons. The van der Waals surface area contributed by atoms with E-state index in [0.29, 0.717) is 0 Å². The van der Waals surface area contributed by atoms with Crippen LogP contribution in [0.3, 0.4) is 0 Å². The predicted octanol–water partition coefficient (Wildman–Crippen LogP) is 1.22. The molecule has 0 spiro atoms. The Morgan fingerprint density at radius 1 is 1.13 bits per heavy atom. The average Bonchev–Trinajstić information content (AvgIpc) is 2.71. The normalized spacial score (nSPS) is 10.5. The molecule has 0 unspecified atom stereocenters. The van der Waals surface area contributed by atoms with Crippen molar-refractivity contribution in [3.8, 4) is 0 Å². The largest absolute Gasteiger partial charge is 0.367 e. The molecule has 15 heavy (non-hydrogen) atoms. The van der Waals surface area contributed by atoms with Gasteiger partial charge in [-0.1, -0.05) is 0 Å². The van der Waals surface area contributed by atoms with Crippen LogP contribution in [0.2, 0.25) is 0 Å². The highest BCUT2D eigenvalue weighted by Crippen LogP contribution is 2.21. The Bertz CT molecular complexity index is 409. The number of aromatic amines is 1. The fourth-order valence-electron chi connectivity index (χ4n) is 1.43. The number of aromatic nitrogens is 4. The second-order valence-electron chi connectivity index (χ2n) is 3.08. The van der Waals surface area contributed by atoms with E-state index in [1.807, 2.05) is 13.8 Å². The van der Waals surface area contributed by atoms with Gasteiger partial charge in [0.1, 0.15) is 11.0 Å². The van der Waals surface area contributed by atoms with Crippen LogP contribution in [0, 0.1) is 0 Å². The first-order valence-electron chi connectivity index (χ1n) is 5.04. The molecule has 0 aromatic carbocycles. The van der Waals surface area contributed by atoms with E-state index in [9.17, 15) is 0 Å². The first kappa shape index (κ1) is 9.70. The van der Waals surface area contributed by atoms with Gasteiger partial charge < -0.3 is 15.6 Å². The minimum absolute atomic E-state index is 0.718. The number of rotatable bonds is 4. The summed E-state index contributed by atoms with van der Waals surface area (Å²) in [5, 5.41) is 14.4. The Hall–Kier alpha value is -1.85. The molecule has 2 rings (SSSR count). The molecule has 0 saturated heterocycles. The molecule has 0 aliphatic rings. The van der Waals surface area contributed by atoms with Crippen LogP contribution in [0.15, 0.2) is 6.33 Å². The molecular weight excluding hydrogens is 192 g/mol. The van der Waals surface area contributed by atoms with Gasteiger partial charge in [-0.05, 0) is 13.8 Å². The van der Waals surface area contributed by atoms with Crippen molar-refractivity contribution in [2.75, 3.05) is 23.7 Å². The summed E-state index contributed by atoms with van der Waals surface area (Å²) in [4.78, 5) is 7.28. The van der Waals surface area contributed by atoms with Gasteiger partial charge in [0.25, 0.3) is 0 Å². The molecule has 3 N–H and O–H groups in total. The highest BCUT2D eigenvalue weighted by atomic mass is 15.2. The van der Waals surface area contributed by atoms with Crippen molar-refractivity contribution < 1.29 is 0 Å². The third kappa shape index (κ3) is 1.70. The van der Waals surface area contributed by atoms with E-state index in [0.717, 1.165) is 35.8 Å². The summed E-state index contributed by atoms with van der Waals surface area (Å²) in [6, 6.07) is 0. The van der Waals surface area contributed by atoms with Crippen LogP contribution in [0.1, 0.15) is 13.8 Å². The number of imidazole rings is 1. The second-order valence-corrected chi connectivity index (χ2v) is 3.08. The minimum atomic E-state index is 0.718. The molecule has 0 saturated carbocycles. The van der Waals surface area contributed by atoms with Gasteiger partial charge >= 0.3 is 0 Å². The van der Waals surface area contributed by atoms with E-state index in [4.69, 9.17) is 0 Å². The number of hydrogen-bond acceptors (Lipinski definition) is 5. The van der Waals surface area contributed by atoms with Crippen LogP contribution < -0.4 is 10.6 Å². The van der Waals surface area contributed by atoms with Gasteiger partial charge in [-0.2, -0.15) is 0 Å². The number of H-pyrrole nitrogens is 1. The van der Waals surface area contributed by atoms with Gasteiger partial charge in [0.15, 0.2) is 11.6 Å². The van der Waals surface area contributed by atoms with Gasteiger partial charge in [-0.3, -0.25) is 0 Å². The lowest BCUT2D eigenvalue weighted by atomic mass is 10.4. The highest BCUT2D eigenvalue weighted by molar-refractivity contribution is 5.92. The van der Waals surface area contributed by atoms with Crippen LogP contribution in [0.25, 0.3) is 11.0 Å². The Morgan fingerprint density at radius 3 is 2.53 bits per heavy atom. The van der Waals surface area contributed by atoms with E-state index < -0.39 is 0 Å². The van der Waals surface area contributed by atoms with Crippen LogP contribution >= 0.6 is 0 Å². The fraction of sp³-hybridized carbons (Fsp3) is 0.444. The Balaban J connectivity index is 2.50. The van der Waals surface area contributed by atoms with Crippen LogP contribution in [-0.2, 0) is 0 Å². The zero-order chi connectivity index (χ0) is 10.7. The quantitative estimate of drug-likeness (QED) is 0.701. The van der Waals surface area contributed by atoms with Crippen molar-refractivity contribution in [3.05, 3.63) is 6.33 Å². The van der Waals surface area contributed by atoms with Gasteiger partial charge in [0.2, 0.25) is 0 Å². The summed E-state index contributed by atoms with van der Waals surface area (Å²) in [5.41, 5.74) is 1.71. The fourth-order valence-corrected chi connectivity index (χ4v) is 1.43. The zero-order valence-corrected chi connectivity index (χ0v) is 8.83. The third-order valence-corrected chi connectivity index (χ3v) is 2.04. The van der Waals surface area contributed by atoms with Gasteiger partial charge in [0.05, 0.1) is 6.33 Å². The van der Waals surface area contributed by atoms with E-state index in [1.165, 1.54) is 0 Å². The first-order valence-corrected chi connectivity index (χ1v) is 5.04. The minimum Gasteiger partial charge on any atom is -0.367 e. The van der Waals surface area contributed by atoms with Crippen LogP contribution in [0.4, 0.5) is 11.6 Å². The van der Waals surface area contributed by atoms with E-state index in [2.05, 4.69) is 30.8 Å². The topological polar surface area (TPSA) is 78.5 Å². The summed E-state index contributed by atoms with van der Waals surface area (Å²) in [6.45, 7) is 5.64. The van der Waals surface area contributed by atoms with Crippen molar-refractivity contribution >= 4 is 22.7 Å². The molecule has 0 amide bonds. The maximum atomic E-state index is 4.22. The van der Waals surface area contributed by atoms with E-state index in [1.54, 1.807) is 6.33 Å². The van der Waals surface area contributed by atoms with Crippen LogP contribution in [-0.4, -0.2) is 33.3 Å². The van der Waals surface area contributed by atoms with Crippen molar-refractivity contribution in [1.82, 2.24) is 20.2 Å². The van der Waals surface area contributed by atoms with Gasteiger partial charge in [-0.25, -0.2) is 4.98 Å². The number of nitrogens with one attached hydrogen (secondary N) is 3. The summed E-state index contributed by atoms with van der Waals surface area (Å²) in [6.07, 6.45) is 1.65. The third-order valence-electron chi connectivity index (χ3n) is 2.04. The molecule has 0 aliphatic carbocycles.